The summed E-state index contributed by atoms with van der Waals surface area (Å²) in [5, 5.41) is 12.2. The van der Waals surface area contributed by atoms with Crippen LogP contribution in [0, 0.1) is 0 Å². The Hall–Kier alpha value is -3.71. The molecule has 0 fully saturated rings. The average molecular weight is 580 g/mol. The SMILES string of the molecule is CC/C=C\C/C=C\C/C=C\C/C=C\C/C=C\CCCCOC(CC)C(=O)NCCc1cccc(C(=O)O)c1OC(C)=O. The Morgan fingerprint density at radius 3 is 2.00 bits per heavy atom. The van der Waals surface area contributed by atoms with E-state index in [1.807, 2.05) is 6.92 Å². The fourth-order valence-electron chi connectivity index (χ4n) is 3.99. The van der Waals surface area contributed by atoms with Crippen LogP contribution in [0.2, 0.25) is 0 Å². The molecule has 0 aliphatic carbocycles. The van der Waals surface area contributed by atoms with Gasteiger partial charge in [-0.05, 0) is 75.8 Å². The normalized spacial score (nSPS) is 12.7. The van der Waals surface area contributed by atoms with Crippen LogP contribution in [0.3, 0.4) is 0 Å². The Morgan fingerprint density at radius 1 is 0.857 bits per heavy atom. The van der Waals surface area contributed by atoms with E-state index >= 15 is 0 Å². The Bertz CT molecular complexity index is 1080. The third-order valence-electron chi connectivity index (χ3n) is 6.17. The number of esters is 1. The van der Waals surface area contributed by atoms with Crippen molar-refractivity contribution in [2.24, 2.45) is 0 Å². The number of ether oxygens (including phenoxy) is 2. The van der Waals surface area contributed by atoms with E-state index in [0.717, 1.165) is 51.4 Å². The molecular weight excluding hydrogens is 530 g/mol. The number of nitrogens with one attached hydrogen (secondary N) is 1. The van der Waals surface area contributed by atoms with Gasteiger partial charge in [-0.3, -0.25) is 9.59 Å². The minimum atomic E-state index is -1.18. The Labute approximate surface area is 252 Å². The number of aromatic carboxylic acids is 1. The molecule has 0 aliphatic rings. The first-order chi connectivity index (χ1) is 20.4. The molecule has 0 saturated carbocycles. The molecule has 1 unspecified atom stereocenters. The van der Waals surface area contributed by atoms with Crippen molar-refractivity contribution < 1.29 is 29.0 Å². The molecule has 7 nitrogen and oxygen atoms in total. The number of carboxylic acids is 1. The molecule has 1 aromatic rings. The average Bonchev–Trinajstić information content (AvgIpc) is 2.96. The van der Waals surface area contributed by atoms with Crippen molar-refractivity contribution in [3.8, 4) is 5.75 Å². The van der Waals surface area contributed by atoms with E-state index < -0.39 is 18.0 Å². The summed E-state index contributed by atoms with van der Waals surface area (Å²) < 4.78 is 10.9. The van der Waals surface area contributed by atoms with Gasteiger partial charge in [-0.1, -0.05) is 86.7 Å². The second kappa shape index (κ2) is 23.9. The van der Waals surface area contributed by atoms with Gasteiger partial charge in [0.15, 0.2) is 0 Å². The smallest absolute Gasteiger partial charge is 0.339 e. The molecule has 1 rings (SSSR count). The van der Waals surface area contributed by atoms with E-state index in [-0.39, 0.29) is 23.8 Å². The van der Waals surface area contributed by atoms with Crippen LogP contribution < -0.4 is 10.1 Å². The van der Waals surface area contributed by atoms with Gasteiger partial charge in [0.2, 0.25) is 5.91 Å². The minimum absolute atomic E-state index is 0.0163. The highest BCUT2D eigenvalue weighted by Gasteiger charge is 2.19. The first kappa shape index (κ1) is 36.3. The molecule has 7 heteroatoms. The number of amides is 1. The van der Waals surface area contributed by atoms with Crippen LogP contribution in [0.4, 0.5) is 0 Å². The molecule has 42 heavy (non-hydrogen) atoms. The quantitative estimate of drug-likeness (QED) is 0.0632. The number of allylic oxidation sites excluding steroid dienone is 10. The zero-order chi connectivity index (χ0) is 30.8. The van der Waals surface area contributed by atoms with Crippen molar-refractivity contribution in [2.75, 3.05) is 13.2 Å². The van der Waals surface area contributed by atoms with E-state index in [1.54, 1.807) is 12.1 Å². The first-order valence-corrected chi connectivity index (χ1v) is 15.1. The molecule has 0 aliphatic heterocycles. The maximum absolute atomic E-state index is 12.6. The fraction of sp³-hybridized carbons (Fsp3) is 0.457. The summed E-state index contributed by atoms with van der Waals surface area (Å²) in [4.78, 5) is 35.5. The lowest BCUT2D eigenvalue weighted by molar-refractivity contribution is -0.133. The maximum atomic E-state index is 12.6. The Kier molecular flexibility index (Phi) is 20.7. The second-order valence-electron chi connectivity index (χ2n) is 9.71. The van der Waals surface area contributed by atoms with Crippen LogP contribution in [0.15, 0.2) is 79.0 Å². The summed E-state index contributed by atoms with van der Waals surface area (Å²) >= 11 is 0. The van der Waals surface area contributed by atoms with Gasteiger partial charge in [0.25, 0.3) is 0 Å². The third-order valence-corrected chi connectivity index (χ3v) is 6.17. The lowest BCUT2D eigenvalue weighted by Crippen LogP contribution is -2.37. The van der Waals surface area contributed by atoms with Crippen molar-refractivity contribution in [1.82, 2.24) is 5.32 Å². The topological polar surface area (TPSA) is 102 Å². The zero-order valence-corrected chi connectivity index (χ0v) is 25.6. The van der Waals surface area contributed by atoms with Crippen LogP contribution in [0.5, 0.6) is 5.75 Å². The highest BCUT2D eigenvalue weighted by Crippen LogP contribution is 2.25. The summed E-state index contributed by atoms with van der Waals surface area (Å²) in [6.07, 6.45) is 30.0. The lowest BCUT2D eigenvalue weighted by Gasteiger charge is -2.17. The van der Waals surface area contributed by atoms with Crippen molar-refractivity contribution in [3.63, 3.8) is 0 Å². The molecule has 1 amide bonds. The number of para-hydroxylation sites is 1. The van der Waals surface area contributed by atoms with Crippen molar-refractivity contribution >= 4 is 17.8 Å². The molecular formula is C35H49NO6. The number of benzene rings is 1. The van der Waals surface area contributed by atoms with E-state index in [4.69, 9.17) is 9.47 Å². The van der Waals surface area contributed by atoms with E-state index in [1.165, 1.54) is 13.0 Å². The first-order valence-electron chi connectivity index (χ1n) is 15.1. The van der Waals surface area contributed by atoms with Crippen LogP contribution in [-0.4, -0.2) is 42.2 Å². The molecule has 0 heterocycles. The van der Waals surface area contributed by atoms with Gasteiger partial charge in [-0.25, -0.2) is 4.79 Å². The number of hydrogen-bond acceptors (Lipinski definition) is 5. The van der Waals surface area contributed by atoms with Gasteiger partial charge in [0.05, 0.1) is 0 Å². The number of carboxylic acid groups (broad SMARTS) is 1. The number of hydrogen-bond donors (Lipinski definition) is 2. The second-order valence-corrected chi connectivity index (χ2v) is 9.71. The molecule has 0 saturated heterocycles. The predicted molar refractivity (Wildman–Crippen MR) is 170 cm³/mol. The number of unbranched alkanes of at least 4 members (excludes halogenated alkanes) is 2. The summed E-state index contributed by atoms with van der Waals surface area (Å²) in [5.41, 5.74) is 0.447. The van der Waals surface area contributed by atoms with Crippen LogP contribution in [0.25, 0.3) is 0 Å². The van der Waals surface area contributed by atoms with Gasteiger partial charge >= 0.3 is 11.9 Å². The molecule has 2 N–H and O–H groups in total. The van der Waals surface area contributed by atoms with Crippen LogP contribution in [0.1, 0.15) is 94.5 Å². The molecule has 1 aromatic carbocycles. The molecule has 0 aromatic heterocycles. The lowest BCUT2D eigenvalue weighted by atomic mass is 10.1. The van der Waals surface area contributed by atoms with Gasteiger partial charge in [-0.2, -0.15) is 0 Å². The van der Waals surface area contributed by atoms with Gasteiger partial charge in [-0.15, -0.1) is 0 Å². The van der Waals surface area contributed by atoms with Crippen LogP contribution >= 0.6 is 0 Å². The highest BCUT2D eigenvalue weighted by atomic mass is 16.5. The summed E-state index contributed by atoms with van der Waals surface area (Å²) in [6, 6.07) is 4.65. The zero-order valence-electron chi connectivity index (χ0n) is 25.6. The van der Waals surface area contributed by atoms with Gasteiger partial charge < -0.3 is 19.9 Å². The monoisotopic (exact) mass is 579 g/mol. The minimum Gasteiger partial charge on any atom is -0.478 e. The van der Waals surface area contributed by atoms with E-state index in [9.17, 15) is 19.5 Å². The highest BCUT2D eigenvalue weighted by molar-refractivity contribution is 5.92. The molecule has 0 bridgehead atoms. The third kappa shape index (κ3) is 17.2. The molecule has 1 atom stereocenters. The van der Waals surface area contributed by atoms with E-state index in [0.29, 0.717) is 25.0 Å². The Morgan fingerprint density at radius 2 is 1.45 bits per heavy atom. The summed E-state index contributed by atoms with van der Waals surface area (Å²) in [5.74, 6) is -1.98. The molecule has 230 valence electrons. The summed E-state index contributed by atoms with van der Waals surface area (Å²) in [6.45, 7) is 6.03. The van der Waals surface area contributed by atoms with Crippen molar-refractivity contribution in [3.05, 3.63) is 90.1 Å². The largest absolute Gasteiger partial charge is 0.478 e. The molecule has 0 spiro atoms. The molecule has 0 radical (unpaired) electrons. The van der Waals surface area contributed by atoms with Gasteiger partial charge in [0.1, 0.15) is 17.4 Å². The maximum Gasteiger partial charge on any atom is 0.339 e. The standard InChI is InChI=1S/C35H49NO6/c1-4-6-7-8-9-10-11-12-13-14-15-16-17-18-19-20-21-22-28-41-32(5-2)34(38)36-27-26-30-24-23-25-31(35(39)40)33(30)42-29(3)37/h6-7,9-10,12-13,15-16,18-19,23-25,32H,4-5,8,11,14,17,20-22,26-28H2,1-3H3,(H,36,38)(H,39,40)/b7-6-,10-9-,13-12-,16-15-,19-18-. The van der Waals surface area contributed by atoms with Crippen molar-refractivity contribution in [2.45, 2.75) is 91.1 Å². The predicted octanol–water partition coefficient (Wildman–Crippen LogP) is 7.69. The van der Waals surface area contributed by atoms with Crippen LogP contribution in [-0.2, 0) is 20.7 Å². The van der Waals surface area contributed by atoms with Crippen molar-refractivity contribution in [1.29, 1.82) is 0 Å². The number of rotatable bonds is 22. The number of carbonyl (C=O) groups excluding carboxylic acids is 2. The van der Waals surface area contributed by atoms with Gasteiger partial charge in [0, 0.05) is 20.1 Å². The van der Waals surface area contributed by atoms with E-state index in [2.05, 4.69) is 73.0 Å². The summed E-state index contributed by atoms with van der Waals surface area (Å²) in [7, 11) is 0. The Balaban J connectivity index is 2.22. The number of carbonyl (C=O) groups is 3. The fourth-order valence-corrected chi connectivity index (χ4v) is 3.99.